The first-order valence-corrected chi connectivity index (χ1v) is 14.4. The molecule has 15 heteroatoms. The Morgan fingerprint density at radius 3 is 1.70 bits per heavy atom. The molecule has 0 fully saturated rings. The Morgan fingerprint density at radius 1 is 0.705 bits per heavy atom. The smallest absolute Gasteiger partial charge is 0.409 e. The third-order valence-corrected chi connectivity index (χ3v) is 5.12. The van der Waals surface area contributed by atoms with Crippen LogP contribution in [0.15, 0.2) is 24.3 Å². The van der Waals surface area contributed by atoms with E-state index < -0.39 is 6.09 Å². The summed E-state index contributed by atoms with van der Waals surface area (Å²) in [7, 11) is 0. The topological polar surface area (TPSA) is 181 Å². The van der Waals surface area contributed by atoms with Gasteiger partial charge in [0.25, 0.3) is 0 Å². The Balaban J connectivity index is 1.83. The molecule has 0 atom stereocenters. The molecule has 0 spiro atoms. The number of rotatable bonds is 26. The van der Waals surface area contributed by atoms with E-state index in [0.717, 1.165) is 5.56 Å². The van der Waals surface area contributed by atoms with E-state index in [1.807, 2.05) is 20.8 Å². The van der Waals surface area contributed by atoms with Gasteiger partial charge in [0.15, 0.2) is 0 Å². The van der Waals surface area contributed by atoms with E-state index in [9.17, 15) is 19.2 Å². The Morgan fingerprint density at radius 2 is 1.20 bits per heavy atom. The monoisotopic (exact) mass is 628 g/mol. The molecule has 4 N–H and O–H groups in total. The molecule has 1 rings (SSSR count). The summed E-state index contributed by atoms with van der Waals surface area (Å²) < 4.78 is 37.4. The summed E-state index contributed by atoms with van der Waals surface area (Å²) in [6, 6.07) is 6.74. The van der Waals surface area contributed by atoms with Crippen LogP contribution in [0.1, 0.15) is 32.8 Å². The lowest BCUT2D eigenvalue weighted by Crippen LogP contribution is -2.40. The van der Waals surface area contributed by atoms with Gasteiger partial charge in [0.2, 0.25) is 18.2 Å². The molecule has 15 nitrogen and oxygen atoms in total. The third kappa shape index (κ3) is 24.1. The number of carbonyl (C=O) groups is 4. The van der Waals surface area contributed by atoms with Crippen molar-refractivity contribution in [3.05, 3.63) is 29.8 Å². The van der Waals surface area contributed by atoms with Crippen molar-refractivity contribution >= 4 is 30.0 Å². The van der Waals surface area contributed by atoms with E-state index in [-0.39, 0.29) is 43.8 Å². The van der Waals surface area contributed by atoms with Crippen LogP contribution in [0.25, 0.3) is 0 Å². The minimum atomic E-state index is -0.631. The lowest BCUT2D eigenvalue weighted by atomic mass is 10.1. The van der Waals surface area contributed by atoms with Gasteiger partial charge in [-0.25, -0.2) is 4.79 Å². The van der Waals surface area contributed by atoms with Crippen LogP contribution in [0.5, 0.6) is 0 Å². The molecule has 250 valence electrons. The summed E-state index contributed by atoms with van der Waals surface area (Å²) >= 11 is 0. The lowest BCUT2D eigenvalue weighted by molar-refractivity contribution is -0.123. The molecule has 0 aliphatic heterocycles. The first-order chi connectivity index (χ1) is 21.2. The molecular weight excluding hydrogens is 580 g/mol. The number of nitrogens with one attached hydrogen (secondary N) is 4. The highest BCUT2D eigenvalue weighted by molar-refractivity contribution is 5.93. The fourth-order valence-corrected chi connectivity index (χ4v) is 3.15. The second-order valence-electron chi connectivity index (χ2n) is 10.2. The number of amides is 4. The molecule has 0 bridgehead atoms. The summed E-state index contributed by atoms with van der Waals surface area (Å²) in [6.07, 6.45) is 0.140. The first kappa shape index (κ1) is 38.7. The molecule has 0 saturated carbocycles. The molecule has 0 radical (unpaired) electrons. The van der Waals surface area contributed by atoms with Gasteiger partial charge in [-0.1, -0.05) is 12.1 Å². The van der Waals surface area contributed by atoms with Gasteiger partial charge in [0.05, 0.1) is 79.2 Å². The summed E-state index contributed by atoms with van der Waals surface area (Å²) in [4.78, 5) is 45.2. The van der Waals surface area contributed by atoms with Crippen LogP contribution in [0, 0.1) is 0 Å². The number of hydrogen-bond donors (Lipinski definition) is 4. The van der Waals surface area contributed by atoms with Gasteiger partial charge in [0, 0.05) is 17.6 Å². The number of anilines is 1. The van der Waals surface area contributed by atoms with Crippen LogP contribution < -0.4 is 21.3 Å². The van der Waals surface area contributed by atoms with Crippen molar-refractivity contribution in [1.29, 1.82) is 0 Å². The summed E-state index contributed by atoms with van der Waals surface area (Å²) in [5.41, 5.74) is 1.05. The summed E-state index contributed by atoms with van der Waals surface area (Å²) in [5, 5.41) is 10.2. The number of ether oxygens (including phenoxy) is 7. The molecule has 0 saturated heterocycles. The van der Waals surface area contributed by atoms with Crippen molar-refractivity contribution in [2.45, 2.75) is 39.3 Å². The fraction of sp³-hybridized carbons (Fsp3) is 0.655. The van der Waals surface area contributed by atoms with Crippen molar-refractivity contribution in [3.63, 3.8) is 0 Å². The molecule has 0 aliphatic carbocycles. The van der Waals surface area contributed by atoms with Gasteiger partial charge < -0.3 is 49.1 Å². The van der Waals surface area contributed by atoms with Crippen molar-refractivity contribution in [3.8, 4) is 0 Å². The van der Waals surface area contributed by atoms with E-state index in [0.29, 0.717) is 84.6 Å². The minimum absolute atomic E-state index is 0.0249. The van der Waals surface area contributed by atoms with Crippen molar-refractivity contribution < 1.29 is 52.3 Å². The van der Waals surface area contributed by atoms with Gasteiger partial charge in [-0.3, -0.25) is 19.7 Å². The summed E-state index contributed by atoms with van der Waals surface area (Å²) in [5.74, 6) is -0.384. The number of benzene rings is 1. The van der Waals surface area contributed by atoms with Crippen LogP contribution in [0.3, 0.4) is 0 Å². The van der Waals surface area contributed by atoms with E-state index in [4.69, 9.17) is 33.2 Å². The Bertz CT molecular complexity index is 927. The largest absolute Gasteiger partial charge is 0.445 e. The summed E-state index contributed by atoms with van der Waals surface area (Å²) in [6.45, 7) is 10.2. The minimum Gasteiger partial charge on any atom is -0.445 e. The standard InChI is InChI=1S/C29H48N4O11/c1-29(2,3)33-26(35)8-9-38-10-11-39-12-13-40-14-15-41-16-17-42-18-19-43-23-31-28(37)44-21-24-4-6-25(7-5-24)32-27(36)20-30-22-34/h4-7,22H,8-21,23H2,1-3H3,(H,30,34)(H,31,37)(H,32,36)(H,33,35). The highest BCUT2D eigenvalue weighted by atomic mass is 16.6. The maximum Gasteiger partial charge on any atom is 0.409 e. The van der Waals surface area contributed by atoms with Crippen LogP contribution >= 0.6 is 0 Å². The average molecular weight is 629 g/mol. The van der Waals surface area contributed by atoms with E-state index in [2.05, 4.69) is 21.3 Å². The number of carbonyl (C=O) groups excluding carboxylic acids is 4. The van der Waals surface area contributed by atoms with Gasteiger partial charge in [-0.05, 0) is 38.5 Å². The molecule has 0 unspecified atom stereocenters. The number of hydrogen-bond acceptors (Lipinski definition) is 11. The van der Waals surface area contributed by atoms with Crippen LogP contribution in [0.2, 0.25) is 0 Å². The van der Waals surface area contributed by atoms with Gasteiger partial charge in [0.1, 0.15) is 13.3 Å². The Labute approximate surface area is 258 Å². The van der Waals surface area contributed by atoms with Crippen LogP contribution in [0.4, 0.5) is 10.5 Å². The average Bonchev–Trinajstić information content (AvgIpc) is 2.97. The second-order valence-corrected chi connectivity index (χ2v) is 10.2. The van der Waals surface area contributed by atoms with Crippen LogP contribution in [-0.2, 0) is 54.1 Å². The first-order valence-electron chi connectivity index (χ1n) is 14.4. The lowest BCUT2D eigenvalue weighted by Gasteiger charge is -2.20. The Kier molecular flexibility index (Phi) is 22.0. The highest BCUT2D eigenvalue weighted by Gasteiger charge is 2.13. The van der Waals surface area contributed by atoms with E-state index in [1.165, 1.54) is 0 Å². The zero-order valence-electron chi connectivity index (χ0n) is 26.0. The molecule has 0 heterocycles. The zero-order chi connectivity index (χ0) is 32.3. The molecule has 4 amide bonds. The molecule has 0 aliphatic rings. The quantitative estimate of drug-likeness (QED) is 0.0652. The molecule has 1 aromatic rings. The van der Waals surface area contributed by atoms with Gasteiger partial charge in [-0.2, -0.15) is 0 Å². The van der Waals surface area contributed by atoms with Crippen molar-refractivity contribution in [2.75, 3.05) is 91.3 Å². The second kappa shape index (κ2) is 25.0. The van der Waals surface area contributed by atoms with Gasteiger partial charge in [-0.15, -0.1) is 0 Å². The Hall–Kier alpha value is -3.34. The molecule has 1 aromatic carbocycles. The fourth-order valence-electron chi connectivity index (χ4n) is 3.15. The highest BCUT2D eigenvalue weighted by Crippen LogP contribution is 2.10. The molecule has 44 heavy (non-hydrogen) atoms. The van der Waals surface area contributed by atoms with E-state index >= 15 is 0 Å². The van der Waals surface area contributed by atoms with Crippen LogP contribution in [-0.4, -0.2) is 116 Å². The SMILES string of the molecule is CC(C)(C)NC(=O)CCOCCOCCOCCOCCOCCOCNC(=O)OCc1ccc(NC(=O)CNC=O)cc1. The van der Waals surface area contributed by atoms with Crippen molar-refractivity contribution in [1.82, 2.24) is 16.0 Å². The van der Waals surface area contributed by atoms with Crippen molar-refractivity contribution in [2.24, 2.45) is 0 Å². The third-order valence-electron chi connectivity index (χ3n) is 5.12. The normalized spacial score (nSPS) is 11.1. The predicted octanol–water partition coefficient (Wildman–Crippen LogP) is 0.959. The molecule has 0 aromatic heterocycles. The number of alkyl carbamates (subject to hydrolysis) is 1. The maximum atomic E-state index is 11.8. The zero-order valence-corrected chi connectivity index (χ0v) is 26.0. The maximum absolute atomic E-state index is 11.8. The van der Waals surface area contributed by atoms with E-state index in [1.54, 1.807) is 24.3 Å². The molecular formula is C29H48N4O11. The predicted molar refractivity (Wildman–Crippen MR) is 160 cm³/mol. The van der Waals surface area contributed by atoms with Gasteiger partial charge >= 0.3 is 6.09 Å².